The molecule has 6 heteroatoms. The van der Waals surface area contributed by atoms with E-state index in [9.17, 15) is 9.59 Å². The van der Waals surface area contributed by atoms with Crippen LogP contribution in [-0.2, 0) is 28.8 Å². The summed E-state index contributed by atoms with van der Waals surface area (Å²) >= 11 is 0. The Labute approximate surface area is 181 Å². The number of methoxy groups -OCH3 is 1. The Kier molecular flexibility index (Phi) is 6.46. The number of nitrogens with zero attached hydrogens (tertiary/aromatic N) is 1. The number of esters is 1. The molecule has 2 aromatic carbocycles. The van der Waals surface area contributed by atoms with Crippen molar-refractivity contribution in [3.05, 3.63) is 70.9 Å². The summed E-state index contributed by atoms with van der Waals surface area (Å²) in [5.41, 5.74) is 4.29. The fourth-order valence-corrected chi connectivity index (χ4v) is 4.11. The van der Waals surface area contributed by atoms with Crippen molar-refractivity contribution in [2.75, 3.05) is 20.3 Å². The van der Waals surface area contributed by atoms with Gasteiger partial charge in [0.1, 0.15) is 5.75 Å². The van der Waals surface area contributed by atoms with Gasteiger partial charge < -0.3 is 14.8 Å². The highest BCUT2D eigenvalue weighted by atomic mass is 16.5. The zero-order valence-corrected chi connectivity index (χ0v) is 17.6. The number of nitrogens with one attached hydrogen (secondary N) is 1. The van der Waals surface area contributed by atoms with Gasteiger partial charge in [0.05, 0.1) is 18.2 Å². The molecule has 0 atom stereocenters. The van der Waals surface area contributed by atoms with Crippen LogP contribution >= 0.6 is 0 Å². The van der Waals surface area contributed by atoms with Crippen LogP contribution < -0.4 is 10.1 Å². The lowest BCUT2D eigenvalue weighted by Crippen LogP contribution is -2.30. The third kappa shape index (κ3) is 4.68. The molecule has 31 heavy (non-hydrogen) atoms. The number of ether oxygens (including phenoxy) is 2. The number of hydrogen-bond donors (Lipinski definition) is 1. The number of carbonyl (C=O) groups is 2. The summed E-state index contributed by atoms with van der Waals surface area (Å²) in [6.07, 6.45) is 4.40. The van der Waals surface area contributed by atoms with Crippen LogP contribution in [0.15, 0.2) is 48.5 Å². The van der Waals surface area contributed by atoms with Gasteiger partial charge in [-0.05, 0) is 55.4 Å². The molecule has 1 N–H and O–H groups in total. The van der Waals surface area contributed by atoms with Gasteiger partial charge in [-0.2, -0.15) is 0 Å². The monoisotopic (exact) mass is 418 g/mol. The summed E-state index contributed by atoms with van der Waals surface area (Å²) in [6, 6.07) is 15.3. The minimum Gasteiger partial charge on any atom is -0.496 e. The van der Waals surface area contributed by atoms with E-state index >= 15 is 0 Å². The summed E-state index contributed by atoms with van der Waals surface area (Å²) in [4.78, 5) is 30.0. The first-order valence-electron chi connectivity index (χ1n) is 10.6. The third-order valence-corrected chi connectivity index (χ3v) is 5.62. The quantitative estimate of drug-likeness (QED) is 0.593. The van der Waals surface area contributed by atoms with Crippen molar-refractivity contribution in [2.24, 2.45) is 0 Å². The Morgan fingerprint density at radius 3 is 2.68 bits per heavy atom. The summed E-state index contributed by atoms with van der Waals surface area (Å²) in [5, 5.41) is 3.59. The van der Waals surface area contributed by atoms with Crippen LogP contribution in [0, 0.1) is 0 Å². The number of fused-ring (bicyclic) bond motifs is 2. The van der Waals surface area contributed by atoms with Crippen molar-refractivity contribution < 1.29 is 19.1 Å². The zero-order valence-electron chi connectivity index (χ0n) is 17.6. The molecule has 0 saturated carbocycles. The van der Waals surface area contributed by atoms with Crippen molar-refractivity contribution in [1.29, 1.82) is 0 Å². The number of para-hydroxylation sites is 2. The SMILES string of the molecule is COc1ccccc1CCNC(=O)COC(=O)c1c2c(nc3ccccc13)CCCC2. The third-order valence-electron chi connectivity index (χ3n) is 5.62. The van der Waals surface area contributed by atoms with Gasteiger partial charge in [0.2, 0.25) is 0 Å². The highest BCUT2D eigenvalue weighted by Gasteiger charge is 2.24. The standard InChI is InChI=1S/C25H26N2O4/c1-30-22-13-7-2-8-17(22)14-15-26-23(28)16-31-25(29)24-18-9-3-5-11-20(18)27-21-12-6-4-10-19(21)24/h2-3,5,7-9,11,13H,4,6,10,12,14-16H2,1H3,(H,26,28). The molecule has 1 amide bonds. The fourth-order valence-electron chi connectivity index (χ4n) is 4.11. The molecule has 0 fully saturated rings. The Balaban J connectivity index is 1.40. The molecule has 1 aromatic heterocycles. The smallest absolute Gasteiger partial charge is 0.339 e. The number of pyridine rings is 1. The van der Waals surface area contributed by atoms with E-state index < -0.39 is 5.97 Å². The fraction of sp³-hybridized carbons (Fsp3) is 0.320. The highest BCUT2D eigenvalue weighted by Crippen LogP contribution is 2.29. The molecule has 0 saturated heterocycles. The molecular weight excluding hydrogens is 392 g/mol. The molecule has 4 rings (SSSR count). The predicted octanol–water partition coefficient (Wildman–Crippen LogP) is 3.64. The second-order valence-electron chi connectivity index (χ2n) is 7.62. The first-order valence-corrected chi connectivity index (χ1v) is 10.6. The molecule has 3 aromatic rings. The van der Waals surface area contributed by atoms with Gasteiger partial charge in [-0.3, -0.25) is 9.78 Å². The van der Waals surface area contributed by atoms with E-state index in [0.29, 0.717) is 18.5 Å². The van der Waals surface area contributed by atoms with Crippen LogP contribution in [-0.4, -0.2) is 37.1 Å². The van der Waals surface area contributed by atoms with E-state index in [4.69, 9.17) is 14.5 Å². The van der Waals surface area contributed by atoms with Gasteiger partial charge in [0.15, 0.2) is 6.61 Å². The average Bonchev–Trinajstić information content (AvgIpc) is 2.81. The molecule has 0 unspecified atom stereocenters. The number of carbonyl (C=O) groups excluding carboxylic acids is 2. The number of hydrogen-bond acceptors (Lipinski definition) is 5. The molecule has 0 aliphatic heterocycles. The Morgan fingerprint density at radius 1 is 1.03 bits per heavy atom. The van der Waals surface area contributed by atoms with Crippen molar-refractivity contribution in [1.82, 2.24) is 10.3 Å². The van der Waals surface area contributed by atoms with Gasteiger partial charge in [-0.25, -0.2) is 4.79 Å². The van der Waals surface area contributed by atoms with Gasteiger partial charge in [0.25, 0.3) is 5.91 Å². The normalized spacial score (nSPS) is 12.8. The van der Waals surface area contributed by atoms with Crippen molar-refractivity contribution >= 4 is 22.8 Å². The summed E-state index contributed by atoms with van der Waals surface area (Å²) < 4.78 is 10.7. The van der Waals surface area contributed by atoms with E-state index in [2.05, 4.69) is 5.32 Å². The lowest BCUT2D eigenvalue weighted by Gasteiger charge is -2.19. The minimum absolute atomic E-state index is 0.309. The van der Waals surface area contributed by atoms with Crippen molar-refractivity contribution in [2.45, 2.75) is 32.1 Å². The lowest BCUT2D eigenvalue weighted by atomic mass is 9.90. The number of aryl methyl sites for hydroxylation is 1. The van der Waals surface area contributed by atoms with E-state index in [-0.39, 0.29) is 12.5 Å². The Morgan fingerprint density at radius 2 is 1.81 bits per heavy atom. The second kappa shape index (κ2) is 9.60. The summed E-state index contributed by atoms with van der Waals surface area (Å²) in [7, 11) is 1.62. The zero-order chi connectivity index (χ0) is 21.6. The number of amides is 1. The first kappa shape index (κ1) is 20.8. The van der Waals surface area contributed by atoms with Gasteiger partial charge in [-0.15, -0.1) is 0 Å². The topological polar surface area (TPSA) is 77.5 Å². The molecule has 0 radical (unpaired) electrons. The van der Waals surface area contributed by atoms with Crippen LogP contribution in [0.4, 0.5) is 0 Å². The second-order valence-corrected chi connectivity index (χ2v) is 7.62. The largest absolute Gasteiger partial charge is 0.496 e. The van der Waals surface area contributed by atoms with Crippen LogP contribution in [0.1, 0.15) is 40.0 Å². The number of benzene rings is 2. The summed E-state index contributed by atoms with van der Waals surface area (Å²) in [5.74, 6) is 0.00428. The molecule has 1 aliphatic carbocycles. The maximum atomic E-state index is 13.0. The predicted molar refractivity (Wildman–Crippen MR) is 118 cm³/mol. The Hall–Kier alpha value is -3.41. The van der Waals surface area contributed by atoms with E-state index in [1.165, 1.54) is 0 Å². The van der Waals surface area contributed by atoms with E-state index in [1.807, 2.05) is 48.5 Å². The highest BCUT2D eigenvalue weighted by molar-refractivity contribution is 6.05. The number of rotatable bonds is 7. The first-order chi connectivity index (χ1) is 15.2. The maximum Gasteiger partial charge on any atom is 0.339 e. The van der Waals surface area contributed by atoms with Gasteiger partial charge in [0, 0.05) is 17.6 Å². The minimum atomic E-state index is -0.461. The number of aromatic nitrogens is 1. The van der Waals surface area contributed by atoms with E-state index in [0.717, 1.165) is 59.2 Å². The van der Waals surface area contributed by atoms with Crippen LogP contribution in [0.3, 0.4) is 0 Å². The average molecular weight is 418 g/mol. The molecule has 1 aliphatic rings. The molecule has 1 heterocycles. The molecular formula is C25H26N2O4. The van der Waals surface area contributed by atoms with Crippen LogP contribution in [0.2, 0.25) is 0 Å². The molecule has 0 spiro atoms. The van der Waals surface area contributed by atoms with Crippen molar-refractivity contribution in [3.8, 4) is 5.75 Å². The van der Waals surface area contributed by atoms with Crippen molar-refractivity contribution in [3.63, 3.8) is 0 Å². The van der Waals surface area contributed by atoms with Crippen LogP contribution in [0.5, 0.6) is 5.75 Å². The van der Waals surface area contributed by atoms with Gasteiger partial charge in [-0.1, -0.05) is 36.4 Å². The van der Waals surface area contributed by atoms with Gasteiger partial charge >= 0.3 is 5.97 Å². The Bertz CT molecular complexity index is 1110. The van der Waals surface area contributed by atoms with Crippen LogP contribution in [0.25, 0.3) is 10.9 Å². The maximum absolute atomic E-state index is 13.0. The summed E-state index contributed by atoms with van der Waals surface area (Å²) in [6.45, 7) is 0.126. The molecule has 160 valence electrons. The molecule has 6 nitrogen and oxygen atoms in total. The van der Waals surface area contributed by atoms with E-state index in [1.54, 1.807) is 7.11 Å². The molecule has 0 bridgehead atoms. The lowest BCUT2D eigenvalue weighted by molar-refractivity contribution is -0.124.